The molecule has 4 aromatic rings. The third kappa shape index (κ3) is 9.79. The Morgan fingerprint density at radius 2 is 1.51 bits per heavy atom. The van der Waals surface area contributed by atoms with Crippen LogP contribution in [0.1, 0.15) is 81.9 Å². The molecule has 0 aliphatic heterocycles. The lowest BCUT2D eigenvalue weighted by molar-refractivity contribution is -0.140. The van der Waals surface area contributed by atoms with Crippen molar-refractivity contribution in [3.8, 4) is 5.75 Å². The molecule has 1 unspecified atom stereocenters. The molecule has 1 aliphatic rings. The fourth-order valence-electron chi connectivity index (χ4n) is 6.61. The second-order valence-electron chi connectivity index (χ2n) is 12.3. The number of esters is 2. The molecule has 0 heterocycles. The molecule has 0 bridgehead atoms. The van der Waals surface area contributed by atoms with Crippen LogP contribution in [0.2, 0.25) is 0 Å². The summed E-state index contributed by atoms with van der Waals surface area (Å²) in [7, 11) is 2.87. The molecule has 1 aliphatic carbocycles. The summed E-state index contributed by atoms with van der Waals surface area (Å²) in [5.74, 6) is 0.451. The lowest BCUT2D eigenvalue weighted by atomic mass is 9.85. The largest absolute Gasteiger partial charge is 0.489 e. The highest BCUT2D eigenvalue weighted by Crippen LogP contribution is 2.36. The molecule has 0 amide bonds. The van der Waals surface area contributed by atoms with Gasteiger partial charge < -0.3 is 14.2 Å². The Balaban J connectivity index is 1.25. The molecule has 0 N–H and O–H groups in total. The van der Waals surface area contributed by atoms with Crippen LogP contribution in [-0.4, -0.2) is 44.1 Å². The first-order chi connectivity index (χ1) is 23.0. The highest BCUT2D eigenvalue weighted by molar-refractivity contribution is 5.89. The minimum atomic E-state index is -0.301. The van der Waals surface area contributed by atoms with Crippen LogP contribution in [-0.2, 0) is 46.6 Å². The van der Waals surface area contributed by atoms with Crippen LogP contribution in [0, 0.1) is 0 Å². The number of nitrogens with zero attached hydrogens (tertiary/aromatic N) is 1. The third-order valence-corrected chi connectivity index (χ3v) is 9.16. The fourth-order valence-corrected chi connectivity index (χ4v) is 6.61. The zero-order chi connectivity index (χ0) is 32.8. The van der Waals surface area contributed by atoms with Gasteiger partial charge in [-0.2, -0.15) is 0 Å². The van der Waals surface area contributed by atoms with Gasteiger partial charge in [-0.25, -0.2) is 4.79 Å². The minimum Gasteiger partial charge on any atom is -0.489 e. The molecule has 5 rings (SSSR count). The number of hydrogen-bond acceptors (Lipinski definition) is 6. The van der Waals surface area contributed by atoms with Gasteiger partial charge in [0.05, 0.1) is 19.8 Å². The minimum absolute atomic E-state index is 0.164. The SMILES string of the molecule is COC(=O)CCCCN(CCc1ccccc1OCc1cccc(CCc2ccccc2)c1)C1CCCc2cc(C(=O)OC)ccc21. The number of ether oxygens (including phenoxy) is 3. The maximum atomic E-state index is 12.2. The Kier molecular flexibility index (Phi) is 12.6. The molecule has 47 heavy (non-hydrogen) atoms. The van der Waals surface area contributed by atoms with Crippen molar-refractivity contribution < 1.29 is 23.8 Å². The Bertz CT molecular complexity index is 1600. The van der Waals surface area contributed by atoms with E-state index in [0.29, 0.717) is 18.6 Å². The average molecular weight is 634 g/mol. The standard InChI is InChI=1S/C41H47NO5/c1-45-40(43)20-8-9-26-42(38-18-11-17-35-29-36(41(44)46-2)23-24-37(35)38)27-25-34-16-6-7-19-39(34)47-30-33-15-10-14-32(28-33)22-21-31-12-4-3-5-13-31/h3-7,10,12-16,19,23-24,28-29,38H,8-9,11,17-18,20-22,25-27,30H2,1-2H3. The third-order valence-electron chi connectivity index (χ3n) is 9.16. The number of aryl methyl sites for hydroxylation is 3. The molecular formula is C41H47NO5. The number of unbranched alkanes of at least 4 members (excludes halogenated alkanes) is 1. The smallest absolute Gasteiger partial charge is 0.337 e. The number of fused-ring (bicyclic) bond motifs is 1. The first kappa shape index (κ1) is 33.9. The van der Waals surface area contributed by atoms with Crippen molar-refractivity contribution in [1.82, 2.24) is 4.90 Å². The van der Waals surface area contributed by atoms with E-state index in [2.05, 4.69) is 83.8 Å². The molecule has 0 spiro atoms. The normalized spacial score (nSPS) is 14.0. The Hall–Kier alpha value is -4.42. The average Bonchev–Trinajstić information content (AvgIpc) is 3.12. The molecule has 246 valence electrons. The number of carbonyl (C=O) groups excluding carboxylic acids is 2. The molecule has 6 heteroatoms. The maximum Gasteiger partial charge on any atom is 0.337 e. The van der Waals surface area contributed by atoms with Gasteiger partial charge >= 0.3 is 11.9 Å². The highest BCUT2D eigenvalue weighted by atomic mass is 16.5. The van der Waals surface area contributed by atoms with E-state index < -0.39 is 0 Å². The summed E-state index contributed by atoms with van der Waals surface area (Å²) in [6, 6.07) is 33.9. The summed E-state index contributed by atoms with van der Waals surface area (Å²) in [6.07, 6.45) is 8.05. The zero-order valence-corrected chi connectivity index (χ0v) is 27.8. The Labute approximate surface area is 279 Å². The number of methoxy groups -OCH3 is 2. The summed E-state index contributed by atoms with van der Waals surface area (Å²) < 4.78 is 16.3. The number of benzene rings is 4. The van der Waals surface area contributed by atoms with Gasteiger partial charge in [0.15, 0.2) is 0 Å². The number of carbonyl (C=O) groups is 2. The van der Waals surface area contributed by atoms with Crippen molar-refractivity contribution in [2.45, 2.75) is 70.4 Å². The van der Waals surface area contributed by atoms with E-state index in [9.17, 15) is 9.59 Å². The first-order valence-electron chi connectivity index (χ1n) is 16.9. The van der Waals surface area contributed by atoms with Crippen molar-refractivity contribution in [1.29, 1.82) is 0 Å². The lowest BCUT2D eigenvalue weighted by Gasteiger charge is -2.36. The van der Waals surface area contributed by atoms with Crippen LogP contribution < -0.4 is 4.74 Å². The summed E-state index contributed by atoms with van der Waals surface area (Å²) in [5.41, 5.74) is 8.13. The van der Waals surface area contributed by atoms with Gasteiger partial charge in [-0.15, -0.1) is 0 Å². The van der Waals surface area contributed by atoms with Crippen LogP contribution in [0.15, 0.2) is 97.1 Å². The van der Waals surface area contributed by atoms with Crippen LogP contribution >= 0.6 is 0 Å². The molecule has 0 fully saturated rings. The maximum absolute atomic E-state index is 12.2. The predicted octanol–water partition coefficient (Wildman–Crippen LogP) is 8.10. The topological polar surface area (TPSA) is 65.1 Å². The second kappa shape index (κ2) is 17.5. The van der Waals surface area contributed by atoms with Gasteiger partial charge in [0, 0.05) is 19.0 Å². The van der Waals surface area contributed by atoms with Crippen molar-refractivity contribution in [3.05, 3.63) is 136 Å². The summed E-state index contributed by atoms with van der Waals surface area (Å²) in [4.78, 5) is 26.5. The quantitative estimate of drug-likeness (QED) is 0.0918. The summed E-state index contributed by atoms with van der Waals surface area (Å²) >= 11 is 0. The van der Waals surface area contributed by atoms with Gasteiger partial charge in [-0.05, 0) is 109 Å². The monoisotopic (exact) mass is 633 g/mol. The molecule has 6 nitrogen and oxygen atoms in total. The van der Waals surface area contributed by atoms with Crippen LogP contribution in [0.5, 0.6) is 5.75 Å². The molecule has 0 radical (unpaired) electrons. The zero-order valence-electron chi connectivity index (χ0n) is 27.8. The van der Waals surface area contributed by atoms with Crippen molar-refractivity contribution in [3.63, 3.8) is 0 Å². The van der Waals surface area contributed by atoms with E-state index in [1.54, 1.807) is 0 Å². The first-order valence-corrected chi connectivity index (χ1v) is 16.9. The van der Waals surface area contributed by atoms with E-state index >= 15 is 0 Å². The van der Waals surface area contributed by atoms with E-state index in [0.717, 1.165) is 70.2 Å². The van der Waals surface area contributed by atoms with E-state index in [1.165, 1.54) is 47.6 Å². The molecule has 0 aromatic heterocycles. The number of para-hydroxylation sites is 1. The van der Waals surface area contributed by atoms with E-state index in [1.807, 2.05) is 18.2 Å². The Morgan fingerprint density at radius 3 is 2.34 bits per heavy atom. The molecule has 4 aromatic carbocycles. The van der Waals surface area contributed by atoms with Crippen molar-refractivity contribution in [2.24, 2.45) is 0 Å². The molecule has 1 atom stereocenters. The second-order valence-corrected chi connectivity index (χ2v) is 12.3. The van der Waals surface area contributed by atoms with Crippen molar-refractivity contribution >= 4 is 11.9 Å². The molecular weight excluding hydrogens is 586 g/mol. The van der Waals surface area contributed by atoms with Gasteiger partial charge in [0.25, 0.3) is 0 Å². The van der Waals surface area contributed by atoms with Gasteiger partial charge in [-0.1, -0.05) is 78.9 Å². The van der Waals surface area contributed by atoms with E-state index in [-0.39, 0.29) is 18.0 Å². The van der Waals surface area contributed by atoms with Crippen LogP contribution in [0.4, 0.5) is 0 Å². The number of rotatable bonds is 16. The van der Waals surface area contributed by atoms with Gasteiger partial charge in [0.1, 0.15) is 12.4 Å². The fraction of sp³-hybridized carbons (Fsp3) is 0.366. The predicted molar refractivity (Wildman–Crippen MR) is 186 cm³/mol. The van der Waals surface area contributed by atoms with Crippen LogP contribution in [0.25, 0.3) is 0 Å². The summed E-state index contributed by atoms with van der Waals surface area (Å²) in [5, 5.41) is 0. The van der Waals surface area contributed by atoms with Crippen LogP contribution in [0.3, 0.4) is 0 Å². The van der Waals surface area contributed by atoms with E-state index in [4.69, 9.17) is 14.2 Å². The highest BCUT2D eigenvalue weighted by Gasteiger charge is 2.27. The van der Waals surface area contributed by atoms with Gasteiger partial charge in [-0.3, -0.25) is 9.69 Å². The van der Waals surface area contributed by atoms with Gasteiger partial charge in [0.2, 0.25) is 0 Å². The Morgan fingerprint density at radius 1 is 0.745 bits per heavy atom. The molecule has 0 saturated heterocycles. The van der Waals surface area contributed by atoms with Crippen molar-refractivity contribution in [2.75, 3.05) is 27.3 Å². The molecule has 0 saturated carbocycles. The number of hydrogen-bond donors (Lipinski definition) is 0. The lowest BCUT2D eigenvalue weighted by Crippen LogP contribution is -2.34. The summed E-state index contributed by atoms with van der Waals surface area (Å²) in [6.45, 7) is 2.25.